The standard InChI is InChI=1S/C17H30N6O5S/c1-17(2,3)14(16(26)22-10-12(24)8-13(22)15(25)18-4)23-9-11(20-21-23)6-7-19-29(5,27)28/h9,12-14,19,24H,6-8,10H2,1-5H3,(H,18,25)/t12?,13-,14?/m1/s1. The molecule has 0 aliphatic carbocycles. The number of amides is 2. The van der Waals surface area contributed by atoms with Crippen LogP contribution in [0.25, 0.3) is 0 Å². The summed E-state index contributed by atoms with van der Waals surface area (Å²) in [6.07, 6.45) is 2.42. The van der Waals surface area contributed by atoms with Crippen LogP contribution < -0.4 is 10.0 Å². The summed E-state index contributed by atoms with van der Waals surface area (Å²) < 4.78 is 26.2. The zero-order valence-electron chi connectivity index (χ0n) is 17.4. The van der Waals surface area contributed by atoms with Gasteiger partial charge >= 0.3 is 0 Å². The van der Waals surface area contributed by atoms with Crippen molar-refractivity contribution < 1.29 is 23.1 Å². The molecule has 2 heterocycles. The maximum atomic E-state index is 13.4. The lowest BCUT2D eigenvalue weighted by Gasteiger charge is -2.34. The highest BCUT2D eigenvalue weighted by molar-refractivity contribution is 7.88. The fourth-order valence-electron chi connectivity index (χ4n) is 3.43. The van der Waals surface area contributed by atoms with Gasteiger partial charge in [0.15, 0.2) is 0 Å². The van der Waals surface area contributed by atoms with Crippen molar-refractivity contribution in [3.63, 3.8) is 0 Å². The van der Waals surface area contributed by atoms with Crippen LogP contribution in [0, 0.1) is 5.41 Å². The highest BCUT2D eigenvalue weighted by atomic mass is 32.2. The zero-order valence-corrected chi connectivity index (χ0v) is 18.2. The molecule has 164 valence electrons. The third-order valence-corrected chi connectivity index (χ3v) is 5.46. The first-order chi connectivity index (χ1) is 13.3. The molecule has 3 N–H and O–H groups in total. The van der Waals surface area contributed by atoms with E-state index in [4.69, 9.17) is 0 Å². The first-order valence-electron chi connectivity index (χ1n) is 9.39. The lowest BCUT2D eigenvalue weighted by molar-refractivity contribution is -0.144. The Morgan fingerprint density at radius 1 is 1.38 bits per heavy atom. The second-order valence-corrected chi connectivity index (χ2v) is 10.2. The molecule has 2 unspecified atom stereocenters. The van der Waals surface area contributed by atoms with E-state index >= 15 is 0 Å². The van der Waals surface area contributed by atoms with Gasteiger partial charge in [0.1, 0.15) is 12.1 Å². The number of aromatic nitrogens is 3. The molecule has 2 rings (SSSR count). The average Bonchev–Trinajstić information content (AvgIpc) is 3.18. The van der Waals surface area contributed by atoms with Gasteiger partial charge in [0, 0.05) is 39.2 Å². The maximum absolute atomic E-state index is 13.4. The Hall–Kier alpha value is -2.05. The van der Waals surface area contributed by atoms with Gasteiger partial charge in [-0.1, -0.05) is 26.0 Å². The van der Waals surface area contributed by atoms with Gasteiger partial charge in [-0.25, -0.2) is 17.8 Å². The number of hydrogen-bond donors (Lipinski definition) is 3. The minimum absolute atomic E-state index is 0.0728. The largest absolute Gasteiger partial charge is 0.391 e. The van der Waals surface area contributed by atoms with Crippen LogP contribution in [0.3, 0.4) is 0 Å². The highest BCUT2D eigenvalue weighted by Gasteiger charge is 2.44. The molecular weight excluding hydrogens is 400 g/mol. The van der Waals surface area contributed by atoms with Crippen LogP contribution >= 0.6 is 0 Å². The molecule has 12 heteroatoms. The Bertz CT molecular complexity index is 847. The van der Waals surface area contributed by atoms with Gasteiger partial charge in [-0.2, -0.15) is 0 Å². The smallest absolute Gasteiger partial charge is 0.248 e. The number of aliphatic hydroxyl groups is 1. The van der Waals surface area contributed by atoms with E-state index in [1.165, 1.54) is 16.6 Å². The first-order valence-corrected chi connectivity index (χ1v) is 11.3. The Kier molecular flexibility index (Phi) is 7.01. The molecule has 1 aliphatic heterocycles. The van der Waals surface area contributed by atoms with Gasteiger partial charge in [0.25, 0.3) is 0 Å². The third-order valence-electron chi connectivity index (χ3n) is 4.73. The summed E-state index contributed by atoms with van der Waals surface area (Å²) in [5.41, 5.74) is -0.0130. The van der Waals surface area contributed by atoms with E-state index in [2.05, 4.69) is 20.4 Å². The van der Waals surface area contributed by atoms with Crippen LogP contribution in [0.4, 0.5) is 0 Å². The van der Waals surface area contributed by atoms with Crippen molar-refractivity contribution >= 4 is 21.8 Å². The number of rotatable bonds is 7. The van der Waals surface area contributed by atoms with Crippen LogP contribution in [-0.2, 0) is 26.0 Å². The van der Waals surface area contributed by atoms with Crippen molar-refractivity contribution in [1.29, 1.82) is 0 Å². The number of carbonyl (C=O) groups is 2. The van der Waals surface area contributed by atoms with Crippen molar-refractivity contribution in [1.82, 2.24) is 29.9 Å². The van der Waals surface area contributed by atoms with E-state index in [9.17, 15) is 23.1 Å². The number of carbonyl (C=O) groups excluding carboxylic acids is 2. The monoisotopic (exact) mass is 430 g/mol. The normalized spacial score (nSPS) is 21.2. The van der Waals surface area contributed by atoms with E-state index in [-0.39, 0.29) is 31.3 Å². The van der Waals surface area contributed by atoms with Crippen LogP contribution in [0.5, 0.6) is 0 Å². The number of hydrogen-bond acceptors (Lipinski definition) is 7. The Balaban J connectivity index is 2.24. The fourth-order valence-corrected chi connectivity index (χ4v) is 3.90. The zero-order chi connectivity index (χ0) is 22.0. The molecule has 0 bridgehead atoms. The molecule has 2 amide bonds. The maximum Gasteiger partial charge on any atom is 0.248 e. The summed E-state index contributed by atoms with van der Waals surface area (Å²) >= 11 is 0. The number of nitrogens with one attached hydrogen (secondary N) is 2. The van der Waals surface area contributed by atoms with Gasteiger partial charge in [0.2, 0.25) is 21.8 Å². The molecule has 1 saturated heterocycles. The van der Waals surface area contributed by atoms with E-state index < -0.39 is 33.6 Å². The van der Waals surface area contributed by atoms with Gasteiger partial charge in [0.05, 0.1) is 18.1 Å². The summed E-state index contributed by atoms with van der Waals surface area (Å²) in [5.74, 6) is -0.651. The fraction of sp³-hybridized carbons (Fsp3) is 0.765. The average molecular weight is 431 g/mol. The number of sulfonamides is 1. The van der Waals surface area contributed by atoms with Crippen molar-refractivity contribution in [2.24, 2.45) is 5.41 Å². The third kappa shape index (κ3) is 5.97. The second kappa shape index (κ2) is 8.76. The van der Waals surface area contributed by atoms with Crippen molar-refractivity contribution in [2.45, 2.75) is 51.8 Å². The Labute approximate surface area is 170 Å². The van der Waals surface area contributed by atoms with Crippen LogP contribution in [0.1, 0.15) is 38.9 Å². The number of β-amino-alcohol motifs (C(OH)–C–C–N with tert-alkyl or cyclic N) is 1. The van der Waals surface area contributed by atoms with E-state index in [0.29, 0.717) is 12.1 Å². The van der Waals surface area contributed by atoms with Crippen LogP contribution in [-0.4, -0.2) is 83.8 Å². The summed E-state index contributed by atoms with van der Waals surface area (Å²) in [5, 5.41) is 20.7. The quantitative estimate of drug-likeness (QED) is 0.485. The summed E-state index contributed by atoms with van der Waals surface area (Å²) in [4.78, 5) is 27.0. The van der Waals surface area contributed by atoms with E-state index in [0.717, 1.165) is 6.26 Å². The van der Waals surface area contributed by atoms with Crippen molar-refractivity contribution in [2.75, 3.05) is 26.4 Å². The SMILES string of the molecule is CNC(=O)[C@H]1CC(O)CN1C(=O)C(n1cc(CCNS(C)(=O)=O)nn1)C(C)(C)C. The minimum Gasteiger partial charge on any atom is -0.391 e. The Morgan fingerprint density at radius 3 is 2.59 bits per heavy atom. The van der Waals surface area contributed by atoms with Gasteiger partial charge in [-0.3, -0.25) is 9.59 Å². The van der Waals surface area contributed by atoms with Crippen LogP contribution in [0.2, 0.25) is 0 Å². The molecule has 1 aliphatic rings. The molecule has 0 aromatic carbocycles. The lowest BCUT2D eigenvalue weighted by atomic mass is 9.85. The summed E-state index contributed by atoms with van der Waals surface area (Å²) in [6, 6.07) is -1.49. The van der Waals surface area contributed by atoms with Crippen molar-refractivity contribution in [3.8, 4) is 0 Å². The molecule has 0 spiro atoms. The predicted molar refractivity (Wildman–Crippen MR) is 105 cm³/mol. The molecule has 1 fully saturated rings. The first kappa shape index (κ1) is 23.2. The molecule has 1 aromatic heterocycles. The highest BCUT2D eigenvalue weighted by Crippen LogP contribution is 2.34. The van der Waals surface area contributed by atoms with Gasteiger partial charge < -0.3 is 15.3 Å². The summed E-state index contributed by atoms with van der Waals surface area (Å²) in [6.45, 7) is 5.88. The van der Waals surface area contributed by atoms with Gasteiger partial charge in [-0.15, -0.1) is 5.10 Å². The number of likely N-dealkylation sites (tertiary alicyclic amines) is 1. The Morgan fingerprint density at radius 2 is 2.03 bits per heavy atom. The predicted octanol–water partition coefficient (Wildman–Crippen LogP) is -1.34. The minimum atomic E-state index is -3.30. The lowest BCUT2D eigenvalue weighted by Crippen LogP contribution is -2.49. The van der Waals surface area contributed by atoms with E-state index in [1.54, 1.807) is 6.20 Å². The molecule has 3 atom stereocenters. The molecule has 0 saturated carbocycles. The van der Waals surface area contributed by atoms with E-state index in [1.807, 2.05) is 20.8 Å². The summed E-state index contributed by atoms with van der Waals surface area (Å²) in [7, 11) is -1.81. The molecule has 1 aromatic rings. The second-order valence-electron chi connectivity index (χ2n) is 8.39. The molecule has 29 heavy (non-hydrogen) atoms. The molecule has 11 nitrogen and oxygen atoms in total. The topological polar surface area (TPSA) is 147 Å². The number of nitrogens with zero attached hydrogens (tertiary/aromatic N) is 4. The number of likely N-dealkylation sites (N-methyl/N-ethyl adjacent to an activating group) is 1. The number of aliphatic hydroxyl groups excluding tert-OH is 1. The van der Waals surface area contributed by atoms with Crippen LogP contribution in [0.15, 0.2) is 6.20 Å². The van der Waals surface area contributed by atoms with Crippen molar-refractivity contribution in [3.05, 3.63) is 11.9 Å². The van der Waals surface area contributed by atoms with Gasteiger partial charge in [-0.05, 0) is 5.41 Å². The molecular formula is C17H30N6O5S. The molecule has 0 radical (unpaired) electrons.